The summed E-state index contributed by atoms with van der Waals surface area (Å²) in [5, 5.41) is 2.69. The summed E-state index contributed by atoms with van der Waals surface area (Å²) in [5.41, 5.74) is 0.778. The molecule has 1 unspecified atom stereocenters. The molecule has 1 amide bonds. The Balaban J connectivity index is 2.56. The molecule has 3 nitrogen and oxygen atoms in total. The third-order valence-corrected chi connectivity index (χ3v) is 1.91. The number of amides is 1. The molecule has 1 atom stereocenters. The monoisotopic (exact) mass is 196 g/mol. The van der Waals surface area contributed by atoms with E-state index in [4.69, 9.17) is 0 Å². The fraction of sp³-hybridized carbons (Fsp3) is 0.400. The lowest BCUT2D eigenvalue weighted by Gasteiger charge is -2.10. The van der Waals surface area contributed by atoms with Gasteiger partial charge in [0.15, 0.2) is 0 Å². The Hall–Kier alpha value is -1.45. The molecule has 1 rings (SSSR count). The van der Waals surface area contributed by atoms with E-state index >= 15 is 0 Å². The van der Waals surface area contributed by atoms with Crippen molar-refractivity contribution in [3.05, 3.63) is 29.8 Å². The Morgan fingerprint density at radius 1 is 1.64 bits per heavy atom. The zero-order chi connectivity index (χ0) is 10.6. The van der Waals surface area contributed by atoms with Gasteiger partial charge in [-0.3, -0.25) is 9.78 Å². The second kappa shape index (κ2) is 4.69. The van der Waals surface area contributed by atoms with Crippen LogP contribution in [0, 0.1) is 5.82 Å². The summed E-state index contributed by atoms with van der Waals surface area (Å²) in [6.45, 7) is 3.91. The molecule has 0 radical (unpaired) electrons. The van der Waals surface area contributed by atoms with Gasteiger partial charge >= 0.3 is 0 Å². The van der Waals surface area contributed by atoms with Gasteiger partial charge in [0.25, 0.3) is 0 Å². The molecule has 0 aliphatic carbocycles. The molecular weight excluding hydrogens is 183 g/mol. The zero-order valence-electron chi connectivity index (χ0n) is 8.25. The maximum Gasteiger partial charge on any atom is 0.216 e. The molecule has 0 aromatic carbocycles. The second-order valence-corrected chi connectivity index (χ2v) is 3.24. The van der Waals surface area contributed by atoms with Crippen LogP contribution in [0.4, 0.5) is 4.39 Å². The zero-order valence-corrected chi connectivity index (χ0v) is 8.25. The number of pyridine rings is 1. The molecule has 0 saturated heterocycles. The predicted octanol–water partition coefficient (Wildman–Crippen LogP) is 1.46. The van der Waals surface area contributed by atoms with Crippen LogP contribution in [0.15, 0.2) is 18.3 Å². The van der Waals surface area contributed by atoms with Crippen molar-refractivity contribution in [1.82, 2.24) is 10.3 Å². The lowest BCUT2D eigenvalue weighted by atomic mass is 10.1. The van der Waals surface area contributed by atoms with Gasteiger partial charge < -0.3 is 5.32 Å². The van der Waals surface area contributed by atoms with Crippen LogP contribution in [0.1, 0.15) is 25.5 Å². The molecule has 76 valence electrons. The van der Waals surface area contributed by atoms with Crippen LogP contribution < -0.4 is 5.32 Å². The summed E-state index contributed by atoms with van der Waals surface area (Å²) in [4.78, 5) is 14.6. The summed E-state index contributed by atoms with van der Waals surface area (Å²) in [6.07, 6.45) is 1.18. The fourth-order valence-electron chi connectivity index (χ4n) is 1.08. The first-order valence-corrected chi connectivity index (χ1v) is 4.45. The molecule has 0 fully saturated rings. The summed E-state index contributed by atoms with van der Waals surface area (Å²) in [7, 11) is 0. The van der Waals surface area contributed by atoms with Gasteiger partial charge in [0.2, 0.25) is 5.91 Å². The summed E-state index contributed by atoms with van der Waals surface area (Å²) in [5.74, 6) is -0.320. The summed E-state index contributed by atoms with van der Waals surface area (Å²) in [6, 6.07) is 2.99. The van der Waals surface area contributed by atoms with Gasteiger partial charge in [-0.15, -0.1) is 0 Å². The van der Waals surface area contributed by atoms with E-state index in [2.05, 4.69) is 10.3 Å². The number of halogens is 1. The Morgan fingerprint density at radius 2 is 2.36 bits per heavy atom. The normalized spacial score (nSPS) is 12.2. The SMILES string of the molecule is CC(=O)NCC(C)c1ccc(F)cn1. The van der Waals surface area contributed by atoms with Gasteiger partial charge in [-0.1, -0.05) is 6.92 Å². The van der Waals surface area contributed by atoms with Crippen molar-refractivity contribution < 1.29 is 9.18 Å². The number of nitrogens with zero attached hydrogens (tertiary/aromatic N) is 1. The van der Waals surface area contributed by atoms with Gasteiger partial charge in [-0.05, 0) is 12.1 Å². The minimum absolute atomic E-state index is 0.0704. The molecule has 0 bridgehead atoms. The Kier molecular flexibility index (Phi) is 3.56. The van der Waals surface area contributed by atoms with E-state index in [1.54, 1.807) is 6.07 Å². The van der Waals surface area contributed by atoms with E-state index < -0.39 is 0 Å². The van der Waals surface area contributed by atoms with E-state index in [1.165, 1.54) is 19.2 Å². The molecule has 14 heavy (non-hydrogen) atoms. The molecule has 1 N–H and O–H groups in total. The highest BCUT2D eigenvalue weighted by Gasteiger charge is 2.07. The van der Waals surface area contributed by atoms with Crippen molar-refractivity contribution in [2.24, 2.45) is 0 Å². The van der Waals surface area contributed by atoms with Crippen LogP contribution in [-0.2, 0) is 4.79 Å². The lowest BCUT2D eigenvalue weighted by molar-refractivity contribution is -0.119. The first-order valence-electron chi connectivity index (χ1n) is 4.45. The predicted molar refractivity (Wildman–Crippen MR) is 51.3 cm³/mol. The van der Waals surface area contributed by atoms with Gasteiger partial charge in [0, 0.05) is 25.1 Å². The van der Waals surface area contributed by atoms with Crippen molar-refractivity contribution in [3.8, 4) is 0 Å². The Bertz CT molecular complexity index is 310. The maximum absolute atomic E-state index is 12.5. The highest BCUT2D eigenvalue weighted by molar-refractivity contribution is 5.72. The number of rotatable bonds is 3. The van der Waals surface area contributed by atoms with Crippen molar-refractivity contribution in [2.75, 3.05) is 6.54 Å². The molecule has 4 heteroatoms. The summed E-state index contributed by atoms with van der Waals surface area (Å²) >= 11 is 0. The van der Waals surface area contributed by atoms with E-state index in [9.17, 15) is 9.18 Å². The number of hydrogen-bond acceptors (Lipinski definition) is 2. The minimum Gasteiger partial charge on any atom is -0.356 e. The van der Waals surface area contributed by atoms with E-state index in [1.807, 2.05) is 6.92 Å². The van der Waals surface area contributed by atoms with E-state index in [0.717, 1.165) is 5.69 Å². The number of nitrogens with one attached hydrogen (secondary N) is 1. The number of hydrogen-bond donors (Lipinski definition) is 1. The molecule has 1 aromatic rings. The molecule has 0 saturated carbocycles. The van der Waals surface area contributed by atoms with Gasteiger partial charge in [0.05, 0.1) is 6.20 Å². The van der Waals surface area contributed by atoms with Crippen LogP contribution >= 0.6 is 0 Å². The molecule has 0 aliphatic heterocycles. The lowest BCUT2D eigenvalue weighted by Crippen LogP contribution is -2.25. The first-order chi connectivity index (χ1) is 6.59. The summed E-state index contributed by atoms with van der Waals surface area (Å²) < 4.78 is 12.5. The van der Waals surface area contributed by atoms with Crippen molar-refractivity contribution in [1.29, 1.82) is 0 Å². The smallest absolute Gasteiger partial charge is 0.216 e. The molecule has 1 aromatic heterocycles. The number of carbonyl (C=O) groups excluding carboxylic acids is 1. The Morgan fingerprint density at radius 3 is 2.86 bits per heavy atom. The van der Waals surface area contributed by atoms with Crippen LogP contribution in [0.3, 0.4) is 0 Å². The van der Waals surface area contributed by atoms with Crippen LogP contribution in [0.2, 0.25) is 0 Å². The molecular formula is C10H13FN2O. The Labute approximate surface area is 82.4 Å². The van der Waals surface area contributed by atoms with Crippen molar-refractivity contribution in [2.45, 2.75) is 19.8 Å². The molecule has 0 aliphatic rings. The van der Waals surface area contributed by atoms with Crippen molar-refractivity contribution >= 4 is 5.91 Å². The second-order valence-electron chi connectivity index (χ2n) is 3.24. The van der Waals surface area contributed by atoms with Gasteiger partial charge in [-0.25, -0.2) is 4.39 Å². The molecule has 1 heterocycles. The number of aromatic nitrogens is 1. The van der Waals surface area contributed by atoms with Crippen LogP contribution in [0.25, 0.3) is 0 Å². The van der Waals surface area contributed by atoms with E-state index in [-0.39, 0.29) is 17.6 Å². The first kappa shape index (κ1) is 10.6. The quantitative estimate of drug-likeness (QED) is 0.795. The topological polar surface area (TPSA) is 42.0 Å². The highest BCUT2D eigenvalue weighted by Crippen LogP contribution is 2.10. The van der Waals surface area contributed by atoms with Gasteiger partial charge in [-0.2, -0.15) is 0 Å². The maximum atomic E-state index is 12.5. The third-order valence-electron chi connectivity index (χ3n) is 1.91. The van der Waals surface area contributed by atoms with Gasteiger partial charge in [0.1, 0.15) is 5.82 Å². The van der Waals surface area contributed by atoms with Crippen LogP contribution in [0.5, 0.6) is 0 Å². The number of carbonyl (C=O) groups is 1. The third kappa shape index (κ3) is 3.12. The van der Waals surface area contributed by atoms with E-state index in [0.29, 0.717) is 6.54 Å². The largest absolute Gasteiger partial charge is 0.356 e. The standard InChI is InChI=1S/C10H13FN2O/c1-7(5-12-8(2)14)10-4-3-9(11)6-13-10/h3-4,6-7H,5H2,1-2H3,(H,12,14). The fourth-order valence-corrected chi connectivity index (χ4v) is 1.08. The average molecular weight is 196 g/mol. The average Bonchev–Trinajstić information content (AvgIpc) is 2.15. The van der Waals surface area contributed by atoms with Crippen molar-refractivity contribution in [3.63, 3.8) is 0 Å². The highest BCUT2D eigenvalue weighted by atomic mass is 19.1. The van der Waals surface area contributed by atoms with Crippen LogP contribution in [-0.4, -0.2) is 17.4 Å². The minimum atomic E-state index is -0.347. The molecule has 0 spiro atoms.